The molecule has 1 atom stereocenters. The summed E-state index contributed by atoms with van der Waals surface area (Å²) < 4.78 is 20.4. The standard InChI is InChI=1S/C24H21BrFN3O3/c1-16(23(30)28-22-5-3-2-4-21(22)26)24(31)29-27-14-17-8-12-20(13-9-17)32-15-18-6-10-19(25)11-7-18/h2-14,16H,15H2,1H3,(H,28,30)(H,29,31). The molecule has 2 N–H and O–H groups in total. The van der Waals surface area contributed by atoms with Crippen molar-refractivity contribution in [3.63, 3.8) is 0 Å². The number of nitrogens with one attached hydrogen (secondary N) is 2. The first kappa shape index (κ1) is 23.1. The minimum Gasteiger partial charge on any atom is -0.489 e. The van der Waals surface area contributed by atoms with E-state index in [2.05, 4.69) is 31.8 Å². The van der Waals surface area contributed by atoms with E-state index in [9.17, 15) is 14.0 Å². The predicted molar refractivity (Wildman–Crippen MR) is 125 cm³/mol. The fraction of sp³-hybridized carbons (Fsp3) is 0.125. The number of carbonyl (C=O) groups excluding carboxylic acids is 2. The second-order valence-electron chi connectivity index (χ2n) is 6.91. The van der Waals surface area contributed by atoms with Gasteiger partial charge in [-0.15, -0.1) is 0 Å². The zero-order valence-corrected chi connectivity index (χ0v) is 18.8. The summed E-state index contributed by atoms with van der Waals surface area (Å²) in [6.07, 6.45) is 1.46. The van der Waals surface area contributed by atoms with Gasteiger partial charge < -0.3 is 10.1 Å². The van der Waals surface area contributed by atoms with Gasteiger partial charge >= 0.3 is 0 Å². The molecule has 0 bridgehead atoms. The molecule has 0 spiro atoms. The van der Waals surface area contributed by atoms with Crippen molar-refractivity contribution in [2.45, 2.75) is 13.5 Å². The number of anilines is 1. The van der Waals surface area contributed by atoms with Gasteiger partial charge in [-0.05, 0) is 66.6 Å². The molecule has 0 aliphatic carbocycles. The fourth-order valence-corrected chi connectivity index (χ4v) is 2.85. The number of nitrogens with zero attached hydrogens (tertiary/aromatic N) is 1. The van der Waals surface area contributed by atoms with Gasteiger partial charge in [0, 0.05) is 4.47 Å². The van der Waals surface area contributed by atoms with E-state index in [-0.39, 0.29) is 5.69 Å². The first-order valence-electron chi connectivity index (χ1n) is 9.78. The molecule has 3 rings (SSSR count). The lowest BCUT2D eigenvalue weighted by Gasteiger charge is -2.11. The van der Waals surface area contributed by atoms with Crippen LogP contribution in [0.25, 0.3) is 0 Å². The van der Waals surface area contributed by atoms with Crippen molar-refractivity contribution < 1.29 is 18.7 Å². The van der Waals surface area contributed by atoms with E-state index in [4.69, 9.17) is 4.74 Å². The van der Waals surface area contributed by atoms with Crippen LogP contribution in [0.1, 0.15) is 18.1 Å². The minimum atomic E-state index is -1.05. The number of benzene rings is 3. The molecular weight excluding hydrogens is 477 g/mol. The molecule has 3 aromatic carbocycles. The number of hydrazone groups is 1. The van der Waals surface area contributed by atoms with Crippen LogP contribution in [-0.2, 0) is 16.2 Å². The maximum atomic E-state index is 13.6. The van der Waals surface area contributed by atoms with Crippen molar-refractivity contribution in [2.75, 3.05) is 5.32 Å². The molecular formula is C24H21BrFN3O3. The molecule has 6 nitrogen and oxygen atoms in total. The Morgan fingerprint density at radius 3 is 2.41 bits per heavy atom. The van der Waals surface area contributed by atoms with Gasteiger partial charge in [-0.1, -0.05) is 40.2 Å². The predicted octanol–water partition coefficient (Wildman–Crippen LogP) is 4.89. The number of rotatable bonds is 8. The highest BCUT2D eigenvalue weighted by Crippen LogP contribution is 2.16. The van der Waals surface area contributed by atoms with Crippen molar-refractivity contribution in [3.8, 4) is 5.75 Å². The van der Waals surface area contributed by atoms with Crippen molar-refractivity contribution in [2.24, 2.45) is 11.0 Å². The second kappa shape index (κ2) is 11.2. The number of hydrogen-bond acceptors (Lipinski definition) is 4. The molecule has 0 fully saturated rings. The number of amides is 2. The van der Waals surface area contributed by atoms with Gasteiger partial charge in [-0.25, -0.2) is 9.82 Å². The van der Waals surface area contributed by atoms with Gasteiger partial charge in [-0.3, -0.25) is 9.59 Å². The Hall–Kier alpha value is -3.52. The van der Waals surface area contributed by atoms with E-state index in [1.54, 1.807) is 30.3 Å². The zero-order valence-electron chi connectivity index (χ0n) is 17.2. The highest BCUT2D eigenvalue weighted by Gasteiger charge is 2.22. The summed E-state index contributed by atoms with van der Waals surface area (Å²) in [6, 6.07) is 20.8. The van der Waals surface area contributed by atoms with Crippen LogP contribution in [0, 0.1) is 11.7 Å². The van der Waals surface area contributed by atoms with E-state index in [1.807, 2.05) is 24.3 Å². The summed E-state index contributed by atoms with van der Waals surface area (Å²) in [5.74, 6) is -2.16. The summed E-state index contributed by atoms with van der Waals surface area (Å²) in [5, 5.41) is 6.27. The number of para-hydroxylation sites is 1. The van der Waals surface area contributed by atoms with Gasteiger partial charge in [0.2, 0.25) is 5.91 Å². The van der Waals surface area contributed by atoms with Crippen LogP contribution in [-0.4, -0.2) is 18.0 Å². The lowest BCUT2D eigenvalue weighted by Crippen LogP contribution is -2.34. The van der Waals surface area contributed by atoms with Gasteiger partial charge in [0.15, 0.2) is 0 Å². The Bertz CT molecular complexity index is 1100. The SMILES string of the molecule is CC(C(=O)NN=Cc1ccc(OCc2ccc(Br)cc2)cc1)C(=O)Nc1ccccc1F. The van der Waals surface area contributed by atoms with E-state index in [0.29, 0.717) is 12.4 Å². The Morgan fingerprint density at radius 1 is 1.03 bits per heavy atom. The molecule has 0 aliphatic heterocycles. The third kappa shape index (κ3) is 6.75. The first-order valence-corrected chi connectivity index (χ1v) is 10.6. The summed E-state index contributed by atoms with van der Waals surface area (Å²) in [7, 11) is 0. The molecule has 0 saturated heterocycles. The summed E-state index contributed by atoms with van der Waals surface area (Å²) in [5.41, 5.74) is 4.13. The average Bonchev–Trinajstić information content (AvgIpc) is 2.80. The molecule has 0 heterocycles. The summed E-state index contributed by atoms with van der Waals surface area (Å²) >= 11 is 3.40. The van der Waals surface area contributed by atoms with Crippen LogP contribution in [0.2, 0.25) is 0 Å². The van der Waals surface area contributed by atoms with Crippen LogP contribution < -0.4 is 15.5 Å². The normalized spacial score (nSPS) is 11.7. The van der Waals surface area contributed by atoms with Gasteiger partial charge in [0.05, 0.1) is 11.9 Å². The molecule has 8 heteroatoms. The quantitative estimate of drug-likeness (QED) is 0.264. The molecule has 0 radical (unpaired) electrons. The summed E-state index contributed by atoms with van der Waals surface area (Å²) in [6.45, 7) is 1.86. The molecule has 0 aliphatic rings. The molecule has 0 aromatic heterocycles. The second-order valence-corrected chi connectivity index (χ2v) is 7.82. The Labute approximate surface area is 193 Å². The minimum absolute atomic E-state index is 0.0168. The van der Waals surface area contributed by atoms with Gasteiger partial charge in [0.25, 0.3) is 5.91 Å². The Balaban J connectivity index is 1.47. The highest BCUT2D eigenvalue weighted by molar-refractivity contribution is 9.10. The van der Waals surface area contributed by atoms with Crippen LogP contribution in [0.15, 0.2) is 82.4 Å². The van der Waals surface area contributed by atoms with Crippen molar-refractivity contribution in [1.82, 2.24) is 5.43 Å². The number of carbonyl (C=O) groups is 2. The van der Waals surface area contributed by atoms with E-state index < -0.39 is 23.5 Å². The van der Waals surface area contributed by atoms with Gasteiger partial charge in [0.1, 0.15) is 24.1 Å². The Kier molecular flexibility index (Phi) is 8.10. The van der Waals surface area contributed by atoms with E-state index >= 15 is 0 Å². The molecule has 32 heavy (non-hydrogen) atoms. The molecule has 1 unspecified atom stereocenters. The van der Waals surface area contributed by atoms with Crippen LogP contribution in [0.5, 0.6) is 5.75 Å². The molecule has 164 valence electrons. The number of halogens is 2. The fourth-order valence-electron chi connectivity index (χ4n) is 2.59. The monoisotopic (exact) mass is 497 g/mol. The summed E-state index contributed by atoms with van der Waals surface area (Å²) in [4.78, 5) is 24.3. The smallest absolute Gasteiger partial charge is 0.252 e. The van der Waals surface area contributed by atoms with Crippen LogP contribution >= 0.6 is 15.9 Å². The van der Waals surface area contributed by atoms with E-state index in [0.717, 1.165) is 15.6 Å². The van der Waals surface area contributed by atoms with E-state index in [1.165, 1.54) is 31.3 Å². The third-order valence-electron chi connectivity index (χ3n) is 4.51. The largest absolute Gasteiger partial charge is 0.489 e. The molecule has 2 amide bonds. The lowest BCUT2D eigenvalue weighted by molar-refractivity contribution is -0.131. The lowest BCUT2D eigenvalue weighted by atomic mass is 10.1. The average molecular weight is 498 g/mol. The third-order valence-corrected chi connectivity index (χ3v) is 5.03. The maximum absolute atomic E-state index is 13.6. The number of hydrogen-bond donors (Lipinski definition) is 2. The first-order chi connectivity index (χ1) is 15.4. The topological polar surface area (TPSA) is 79.8 Å². The molecule has 3 aromatic rings. The maximum Gasteiger partial charge on any atom is 0.252 e. The van der Waals surface area contributed by atoms with Gasteiger partial charge in [-0.2, -0.15) is 5.10 Å². The molecule has 0 saturated carbocycles. The van der Waals surface area contributed by atoms with Crippen LogP contribution in [0.3, 0.4) is 0 Å². The van der Waals surface area contributed by atoms with Crippen molar-refractivity contribution in [3.05, 3.63) is 94.2 Å². The van der Waals surface area contributed by atoms with Crippen LogP contribution in [0.4, 0.5) is 10.1 Å². The number of ether oxygens (including phenoxy) is 1. The van der Waals surface area contributed by atoms with Crippen molar-refractivity contribution in [1.29, 1.82) is 0 Å². The van der Waals surface area contributed by atoms with Crippen molar-refractivity contribution >= 4 is 39.6 Å². The zero-order chi connectivity index (χ0) is 22.9. The highest BCUT2D eigenvalue weighted by atomic mass is 79.9. The Morgan fingerprint density at radius 2 is 1.72 bits per heavy atom.